The Morgan fingerprint density at radius 3 is 2.36 bits per heavy atom. The average molecular weight is 666 g/mol. The molecule has 262 valence electrons. The smallest absolute Gasteiger partial charge is 0.330 e. The highest BCUT2D eigenvalue weighted by Gasteiger charge is 2.51. The van der Waals surface area contributed by atoms with Gasteiger partial charge in [-0.3, -0.25) is 4.79 Å². The Morgan fingerprint density at radius 1 is 0.936 bits per heavy atom. The number of esters is 1. The van der Waals surface area contributed by atoms with Crippen molar-refractivity contribution in [2.75, 3.05) is 0 Å². The lowest BCUT2D eigenvalue weighted by molar-refractivity contribution is -0.308. The monoisotopic (exact) mass is 665 g/mol. The fraction of sp³-hybridized carbons (Fsp3) is 0.636. The van der Waals surface area contributed by atoms with Crippen LogP contribution in [0.1, 0.15) is 46.0 Å². The van der Waals surface area contributed by atoms with Gasteiger partial charge in [0, 0.05) is 38.2 Å². The van der Waals surface area contributed by atoms with E-state index in [1.54, 1.807) is 56.4 Å². The number of ether oxygens (including phenoxy) is 5. The van der Waals surface area contributed by atoms with E-state index in [2.05, 4.69) is 0 Å². The molecule has 14 nitrogen and oxygen atoms in total. The number of carbonyl (C=O) groups excluding carboxylic acids is 1. The first kappa shape index (κ1) is 37.1. The Hall–Kier alpha value is -2.76. The number of aliphatic carboxylic acids is 1. The quantitative estimate of drug-likeness (QED) is 0.157. The summed E-state index contributed by atoms with van der Waals surface area (Å²) in [6.07, 6.45) is 5.25. The van der Waals surface area contributed by atoms with Gasteiger partial charge in [-0.2, -0.15) is 0 Å². The van der Waals surface area contributed by atoms with Gasteiger partial charge in [0.1, 0.15) is 24.2 Å². The highest BCUT2D eigenvalue weighted by atomic mass is 16.7. The number of allylic oxidation sites excluding steroid dienone is 6. The minimum Gasteiger partial charge on any atom is -0.481 e. The number of hydrogen-bond donors (Lipinski definition) is 7. The van der Waals surface area contributed by atoms with Gasteiger partial charge in [-0.15, -0.1) is 0 Å². The first-order valence-corrected chi connectivity index (χ1v) is 15.9. The number of nitrogens with two attached hydrogens (primary N) is 1. The molecule has 3 fully saturated rings. The summed E-state index contributed by atoms with van der Waals surface area (Å²) in [6.45, 7) is 3.34. The average Bonchev–Trinajstić information content (AvgIpc) is 3.72. The van der Waals surface area contributed by atoms with Crippen LogP contribution >= 0.6 is 0 Å². The maximum absolute atomic E-state index is 12.3. The molecule has 14 heteroatoms. The molecule has 4 aliphatic rings. The molecule has 14 atom stereocenters. The van der Waals surface area contributed by atoms with E-state index in [9.17, 15) is 40.2 Å². The third-order valence-electron chi connectivity index (χ3n) is 8.58. The van der Waals surface area contributed by atoms with Gasteiger partial charge in [0.25, 0.3) is 0 Å². The van der Waals surface area contributed by atoms with Crippen LogP contribution in [-0.4, -0.2) is 122 Å². The zero-order chi connectivity index (χ0) is 34.3. The van der Waals surface area contributed by atoms with E-state index < -0.39 is 97.3 Å². The van der Waals surface area contributed by atoms with Gasteiger partial charge in [0.05, 0.1) is 48.8 Å². The molecule has 8 N–H and O–H groups in total. The molecule has 0 aromatic heterocycles. The second-order valence-electron chi connectivity index (χ2n) is 12.6. The van der Waals surface area contributed by atoms with E-state index in [-0.39, 0.29) is 25.4 Å². The number of carbonyl (C=O) groups is 2. The number of rotatable bonds is 3. The Kier molecular flexibility index (Phi) is 13.1. The lowest BCUT2D eigenvalue weighted by Crippen LogP contribution is -2.61. The minimum atomic E-state index is -2.10. The summed E-state index contributed by atoms with van der Waals surface area (Å²) in [5.74, 6) is -5.45. The van der Waals surface area contributed by atoms with Gasteiger partial charge in [-0.25, -0.2) is 4.79 Å². The summed E-state index contributed by atoms with van der Waals surface area (Å²) in [5.41, 5.74) is 5.98. The molecule has 0 aromatic carbocycles. The van der Waals surface area contributed by atoms with Crippen molar-refractivity contribution in [1.82, 2.24) is 0 Å². The fourth-order valence-electron chi connectivity index (χ4n) is 6.00. The number of aliphatic hydroxyl groups excluding tert-OH is 4. The van der Waals surface area contributed by atoms with Crippen LogP contribution in [0, 0.1) is 5.92 Å². The summed E-state index contributed by atoms with van der Waals surface area (Å²) in [6, 6.07) is -1.08. The van der Waals surface area contributed by atoms with E-state index in [1.807, 2.05) is 6.08 Å². The largest absolute Gasteiger partial charge is 0.481 e. The van der Waals surface area contributed by atoms with Crippen LogP contribution < -0.4 is 5.73 Å². The molecule has 4 aliphatic heterocycles. The van der Waals surface area contributed by atoms with Crippen molar-refractivity contribution in [2.45, 2.75) is 125 Å². The van der Waals surface area contributed by atoms with Crippen LogP contribution in [0.3, 0.4) is 0 Å². The highest BCUT2D eigenvalue weighted by Crippen LogP contribution is 2.39. The molecule has 0 aromatic rings. The van der Waals surface area contributed by atoms with Crippen molar-refractivity contribution in [3.05, 3.63) is 60.8 Å². The standard InChI is InChI=1S/C33H47NO13/c1-18-10-8-6-4-3-5-7-9-11-21(45-32-30(39)28(34)29(38)19(2)44-32)15-25-27(31(40)41)22(36)17-33(42,47-25)16-20(35)14-24-23(46-24)12-13-26(37)43-18/h3-9,11-13,18-25,27-30,32,35-36,38-39,42H,10,14-17,34H2,1-2H3,(H,40,41)/b4-3-,7-5-,8-6-,11-9-,13-12-/t18-,19-,20+,21+,22+,23-,24-,25+,27-,28+,29-,30+,32?,33-/m1/s1. The second-order valence-corrected chi connectivity index (χ2v) is 12.6. The van der Waals surface area contributed by atoms with Crippen LogP contribution in [0.2, 0.25) is 0 Å². The summed E-state index contributed by atoms with van der Waals surface area (Å²) >= 11 is 0. The lowest BCUT2D eigenvalue weighted by Gasteiger charge is -2.45. The van der Waals surface area contributed by atoms with Gasteiger partial charge in [-0.1, -0.05) is 48.6 Å². The molecule has 0 amide bonds. The summed E-state index contributed by atoms with van der Waals surface area (Å²) in [7, 11) is 0. The molecule has 4 rings (SSSR count). The van der Waals surface area contributed by atoms with Crippen molar-refractivity contribution in [1.29, 1.82) is 0 Å². The maximum atomic E-state index is 12.3. The molecule has 0 spiro atoms. The number of fused-ring (bicyclic) bond motifs is 3. The van der Waals surface area contributed by atoms with Crippen molar-refractivity contribution in [3.8, 4) is 0 Å². The van der Waals surface area contributed by atoms with Gasteiger partial charge in [0.15, 0.2) is 12.1 Å². The number of epoxide rings is 1. The third-order valence-corrected chi connectivity index (χ3v) is 8.58. The van der Waals surface area contributed by atoms with Gasteiger partial charge in [0.2, 0.25) is 0 Å². The van der Waals surface area contributed by atoms with Gasteiger partial charge < -0.3 is 60.1 Å². The van der Waals surface area contributed by atoms with Crippen LogP contribution in [0.15, 0.2) is 60.8 Å². The fourth-order valence-corrected chi connectivity index (χ4v) is 6.00. The Balaban J connectivity index is 1.58. The topological polar surface area (TPSA) is 231 Å². The number of cyclic esters (lactones) is 1. The predicted octanol–water partition coefficient (Wildman–Crippen LogP) is 0.120. The minimum absolute atomic E-state index is 0.0789. The zero-order valence-corrected chi connectivity index (χ0v) is 26.4. The Morgan fingerprint density at radius 2 is 1.64 bits per heavy atom. The molecule has 47 heavy (non-hydrogen) atoms. The van der Waals surface area contributed by atoms with E-state index in [4.69, 9.17) is 29.4 Å². The van der Waals surface area contributed by atoms with E-state index in [1.165, 1.54) is 12.2 Å². The number of hydrogen-bond acceptors (Lipinski definition) is 13. The SMILES string of the molecule is C[C@@H]1C\C=C/C=C\C=C/C=C\[C@H](OC2O[C@H](C)[C@@H](O)[C@H](N)[C@@H]2O)C[C@@H]2O[C@](O)(C[C@@H](O)C[C@H]3O[C@@H]3/C=C\C(=O)O1)C[C@H](O)[C@H]2C(=O)O. The number of carboxylic acids is 1. The Labute approximate surface area is 273 Å². The molecule has 0 radical (unpaired) electrons. The van der Waals surface area contributed by atoms with Crippen LogP contribution in [0.5, 0.6) is 0 Å². The maximum Gasteiger partial charge on any atom is 0.330 e. The van der Waals surface area contributed by atoms with Crippen LogP contribution in [-0.2, 0) is 33.3 Å². The predicted molar refractivity (Wildman–Crippen MR) is 165 cm³/mol. The van der Waals surface area contributed by atoms with E-state index >= 15 is 0 Å². The molecule has 1 unspecified atom stereocenters. The molecule has 2 bridgehead atoms. The van der Waals surface area contributed by atoms with Crippen molar-refractivity contribution in [3.63, 3.8) is 0 Å². The second kappa shape index (κ2) is 16.6. The normalized spacial score (nSPS) is 47.2. The zero-order valence-electron chi connectivity index (χ0n) is 26.4. The Bertz CT molecular complexity index is 1220. The van der Waals surface area contributed by atoms with Gasteiger partial charge in [-0.05, 0) is 19.9 Å². The molecule has 0 saturated carbocycles. The van der Waals surface area contributed by atoms with Crippen LogP contribution in [0.25, 0.3) is 0 Å². The van der Waals surface area contributed by atoms with Gasteiger partial charge >= 0.3 is 11.9 Å². The summed E-state index contributed by atoms with van der Waals surface area (Å²) in [5, 5.41) is 63.9. The molecular weight excluding hydrogens is 618 g/mol. The van der Waals surface area contributed by atoms with Crippen molar-refractivity contribution >= 4 is 11.9 Å². The molecular formula is C33H47NO13. The first-order chi connectivity index (χ1) is 22.3. The van der Waals surface area contributed by atoms with E-state index in [0.717, 1.165) is 0 Å². The highest BCUT2D eigenvalue weighted by molar-refractivity contribution is 5.82. The van der Waals surface area contributed by atoms with Crippen molar-refractivity contribution in [2.24, 2.45) is 11.7 Å². The third kappa shape index (κ3) is 10.6. The molecule has 4 heterocycles. The first-order valence-electron chi connectivity index (χ1n) is 15.9. The number of aliphatic hydroxyl groups is 5. The summed E-state index contributed by atoms with van der Waals surface area (Å²) in [4.78, 5) is 24.4. The van der Waals surface area contributed by atoms with Crippen LogP contribution in [0.4, 0.5) is 0 Å². The van der Waals surface area contributed by atoms with E-state index in [0.29, 0.717) is 6.42 Å². The number of carboxylic acid groups (broad SMARTS) is 1. The molecule has 0 aliphatic carbocycles. The van der Waals surface area contributed by atoms with Crippen molar-refractivity contribution < 1.29 is 63.9 Å². The molecule has 3 saturated heterocycles. The summed E-state index contributed by atoms with van der Waals surface area (Å²) < 4.78 is 28.5. The lowest BCUT2D eigenvalue weighted by atomic mass is 9.83.